The molecule has 0 aliphatic carbocycles. The topological polar surface area (TPSA) is 65.7 Å². The van der Waals surface area contributed by atoms with Crippen molar-refractivity contribution in [3.05, 3.63) is 91.5 Å². The number of Topliss-reactive ketones (excluding diaryl/α,β-unsaturated/α-hetero) is 1. The van der Waals surface area contributed by atoms with E-state index in [2.05, 4.69) is 20.0 Å². The minimum atomic E-state index is -4.82. The van der Waals surface area contributed by atoms with Gasteiger partial charge in [0.05, 0.1) is 46.6 Å². The Morgan fingerprint density at radius 2 is 0.946 bits per heavy atom. The molecule has 2 aromatic carbocycles. The number of hydrogen-bond acceptors (Lipinski definition) is 7. The highest BCUT2D eigenvalue weighted by Crippen LogP contribution is 2.37. The Kier molecular flexibility index (Phi) is 12.1. The van der Waals surface area contributed by atoms with Gasteiger partial charge in [-0.3, -0.25) is 24.0 Å². The van der Waals surface area contributed by atoms with Crippen molar-refractivity contribution in [1.29, 1.82) is 0 Å². The Morgan fingerprint density at radius 1 is 0.607 bits per heavy atom. The number of halogens is 8. The molecule has 56 heavy (non-hydrogen) atoms. The summed E-state index contributed by atoms with van der Waals surface area (Å²) < 4.78 is 86.1. The first-order valence-electron chi connectivity index (χ1n) is 18.5. The molecule has 304 valence electrons. The number of rotatable bonds is 10. The summed E-state index contributed by atoms with van der Waals surface area (Å²) in [7, 11) is 0. The average Bonchev–Trinajstić information content (AvgIpc) is 3.61. The Labute approximate surface area is 332 Å². The number of ketones is 1. The molecule has 2 aliphatic heterocycles. The van der Waals surface area contributed by atoms with Gasteiger partial charge in [-0.25, -0.2) is 0 Å². The molecule has 2 atom stereocenters. The molecule has 2 saturated heterocycles. The fourth-order valence-electron chi connectivity index (χ4n) is 7.79. The minimum Gasteiger partial charge on any atom is -0.369 e. The average molecular weight is 828 g/mol. The van der Waals surface area contributed by atoms with E-state index in [0.717, 1.165) is 43.0 Å². The van der Waals surface area contributed by atoms with Crippen LogP contribution >= 0.6 is 23.2 Å². The lowest BCUT2D eigenvalue weighted by atomic mass is 9.99. The second-order valence-electron chi connectivity index (χ2n) is 14.8. The van der Waals surface area contributed by atoms with Gasteiger partial charge in [0.15, 0.2) is 17.2 Å². The number of aryl methyl sites for hydroxylation is 2. The standard InChI is InChI=1S/C39H46Cl2F6N8O/c1-23-9-7-11-29(25(23)3)50-13-17-52(18-14-50)31(21-54-27(5)33(40)36(48-54)38(42,43)44)35(56)32(22-55-28(6)34(41)37(49-55)39(45,46)47)53-19-15-51(16-20-53)30-12-8-10-24(2)26(30)4/h7-12,31-32H,13-22H2,1-6H3. The van der Waals surface area contributed by atoms with Crippen LogP contribution in [0.5, 0.6) is 0 Å². The first-order valence-corrected chi connectivity index (χ1v) is 19.3. The summed E-state index contributed by atoms with van der Waals surface area (Å²) >= 11 is 12.3. The van der Waals surface area contributed by atoms with E-state index in [9.17, 15) is 26.3 Å². The van der Waals surface area contributed by atoms with E-state index >= 15 is 4.79 Å². The van der Waals surface area contributed by atoms with Gasteiger partial charge in [0.25, 0.3) is 0 Å². The van der Waals surface area contributed by atoms with E-state index in [4.69, 9.17) is 23.2 Å². The van der Waals surface area contributed by atoms with Crippen LogP contribution in [-0.2, 0) is 30.2 Å². The lowest BCUT2D eigenvalue weighted by Crippen LogP contribution is -2.61. The molecule has 17 heteroatoms. The van der Waals surface area contributed by atoms with Gasteiger partial charge < -0.3 is 9.80 Å². The summed E-state index contributed by atoms with van der Waals surface area (Å²) in [6, 6.07) is 10.1. The van der Waals surface area contributed by atoms with Crippen LogP contribution in [0.2, 0.25) is 10.0 Å². The molecule has 0 spiro atoms. The number of carbonyl (C=O) groups excluding carboxylic acids is 1. The second-order valence-corrected chi connectivity index (χ2v) is 15.5. The highest BCUT2D eigenvalue weighted by Gasteiger charge is 2.43. The SMILES string of the molecule is Cc1cccc(N2CCN(C(Cn3nc(C(F)(F)F)c(Cl)c3C)C(=O)C(Cn3nc(C(F)(F)F)c(Cl)c3C)N3CCN(c4cccc(C)c4C)CC3)CC2)c1C. The molecular formula is C39H46Cl2F6N8O. The predicted octanol–water partition coefficient (Wildman–Crippen LogP) is 7.93. The second kappa shape index (κ2) is 16.2. The molecular weight excluding hydrogens is 781 g/mol. The van der Waals surface area contributed by atoms with Gasteiger partial charge in [-0.2, -0.15) is 36.5 Å². The zero-order chi connectivity index (χ0) is 40.9. The Bertz CT molecular complexity index is 1920. The number of piperazine rings is 2. The van der Waals surface area contributed by atoms with Gasteiger partial charge in [0, 0.05) is 63.7 Å². The van der Waals surface area contributed by atoms with Crippen LogP contribution in [0.1, 0.15) is 45.0 Å². The van der Waals surface area contributed by atoms with Crippen molar-refractivity contribution < 1.29 is 31.1 Å². The molecule has 0 amide bonds. The Morgan fingerprint density at radius 3 is 1.25 bits per heavy atom. The molecule has 0 saturated carbocycles. The quantitative estimate of drug-likeness (QED) is 0.151. The number of nitrogens with zero attached hydrogens (tertiary/aromatic N) is 8. The summed E-state index contributed by atoms with van der Waals surface area (Å²) in [5, 5.41) is 6.58. The lowest BCUT2D eigenvalue weighted by molar-refractivity contribution is -0.142. The molecule has 0 radical (unpaired) electrons. The van der Waals surface area contributed by atoms with Crippen LogP contribution in [0.25, 0.3) is 0 Å². The predicted molar refractivity (Wildman–Crippen MR) is 206 cm³/mol. The Balaban J connectivity index is 1.37. The van der Waals surface area contributed by atoms with E-state index < -0.39 is 45.9 Å². The van der Waals surface area contributed by atoms with Crippen molar-refractivity contribution in [2.24, 2.45) is 0 Å². The van der Waals surface area contributed by atoms with Gasteiger partial charge in [-0.1, -0.05) is 47.5 Å². The number of carbonyl (C=O) groups is 1. The van der Waals surface area contributed by atoms with E-state index in [1.54, 1.807) is 0 Å². The molecule has 4 aromatic rings. The first-order chi connectivity index (χ1) is 26.3. The van der Waals surface area contributed by atoms with Gasteiger partial charge in [-0.05, 0) is 75.9 Å². The molecule has 4 heterocycles. The molecule has 2 unspecified atom stereocenters. The molecule has 9 nitrogen and oxygen atoms in total. The van der Waals surface area contributed by atoms with E-state index in [0.29, 0.717) is 52.4 Å². The van der Waals surface area contributed by atoms with Gasteiger partial charge >= 0.3 is 12.4 Å². The number of benzene rings is 2. The molecule has 0 bridgehead atoms. The summed E-state index contributed by atoms with van der Waals surface area (Å²) in [6.45, 7) is 14.2. The fraction of sp³-hybridized carbons (Fsp3) is 0.513. The highest BCUT2D eigenvalue weighted by molar-refractivity contribution is 6.32. The van der Waals surface area contributed by atoms with Crippen LogP contribution in [0.4, 0.5) is 37.7 Å². The van der Waals surface area contributed by atoms with Crippen LogP contribution in [0, 0.1) is 41.5 Å². The zero-order valence-corrected chi connectivity index (χ0v) is 33.7. The summed E-state index contributed by atoms with van der Waals surface area (Å²) in [6.07, 6.45) is -9.65. The maximum Gasteiger partial charge on any atom is 0.436 e. The van der Waals surface area contributed by atoms with Crippen LogP contribution < -0.4 is 9.80 Å². The van der Waals surface area contributed by atoms with E-state index in [1.165, 1.54) is 13.8 Å². The number of aromatic nitrogens is 4. The maximum atomic E-state index is 15.2. The lowest BCUT2D eigenvalue weighted by Gasteiger charge is -2.44. The highest BCUT2D eigenvalue weighted by atomic mass is 35.5. The van der Waals surface area contributed by atoms with E-state index in [1.807, 2.05) is 73.9 Å². The van der Waals surface area contributed by atoms with Crippen LogP contribution in [-0.4, -0.2) is 99.6 Å². The molecule has 2 fully saturated rings. The first kappa shape index (κ1) is 41.8. The normalized spacial score (nSPS) is 17.5. The number of anilines is 2. The largest absolute Gasteiger partial charge is 0.436 e. The summed E-state index contributed by atoms with van der Waals surface area (Å²) in [4.78, 5) is 23.6. The molecule has 2 aromatic heterocycles. The van der Waals surface area contributed by atoms with Gasteiger partial charge in [0.1, 0.15) is 0 Å². The monoisotopic (exact) mass is 826 g/mol. The maximum absolute atomic E-state index is 15.2. The van der Waals surface area contributed by atoms with Crippen LogP contribution in [0.3, 0.4) is 0 Å². The smallest absolute Gasteiger partial charge is 0.369 e. The van der Waals surface area contributed by atoms with E-state index in [-0.39, 0.29) is 30.3 Å². The summed E-state index contributed by atoms with van der Waals surface area (Å²) in [5.74, 6) is -0.371. The molecule has 0 N–H and O–H groups in total. The molecule has 2 aliphatic rings. The third kappa shape index (κ3) is 8.41. The Hall–Kier alpha value is -3.79. The fourth-order valence-corrected chi connectivity index (χ4v) is 8.28. The van der Waals surface area contributed by atoms with Crippen molar-refractivity contribution >= 4 is 40.4 Å². The molecule has 6 rings (SSSR count). The van der Waals surface area contributed by atoms with Gasteiger partial charge in [0.2, 0.25) is 0 Å². The number of hydrogen-bond donors (Lipinski definition) is 0. The van der Waals surface area contributed by atoms with Crippen molar-refractivity contribution in [3.8, 4) is 0 Å². The van der Waals surface area contributed by atoms with Crippen molar-refractivity contribution in [2.75, 3.05) is 62.2 Å². The van der Waals surface area contributed by atoms with Crippen LogP contribution in [0.15, 0.2) is 36.4 Å². The summed E-state index contributed by atoms with van der Waals surface area (Å²) in [5.41, 5.74) is 4.24. The van der Waals surface area contributed by atoms with Crippen molar-refractivity contribution in [2.45, 2.75) is 79.1 Å². The zero-order valence-electron chi connectivity index (χ0n) is 32.2. The third-order valence-corrected chi connectivity index (χ3v) is 12.4. The third-order valence-electron chi connectivity index (χ3n) is 11.5. The minimum absolute atomic E-state index is 0.0500. The van der Waals surface area contributed by atoms with Crippen molar-refractivity contribution in [1.82, 2.24) is 29.4 Å². The van der Waals surface area contributed by atoms with Crippen molar-refractivity contribution in [3.63, 3.8) is 0 Å². The number of alkyl halides is 6. The van der Waals surface area contributed by atoms with Gasteiger partial charge in [-0.15, -0.1) is 0 Å².